The summed E-state index contributed by atoms with van der Waals surface area (Å²) in [6.45, 7) is 0. The van der Waals surface area contributed by atoms with Crippen molar-refractivity contribution in [1.82, 2.24) is 0 Å². The van der Waals surface area contributed by atoms with Crippen molar-refractivity contribution in [2.24, 2.45) is 0 Å². The summed E-state index contributed by atoms with van der Waals surface area (Å²) in [7, 11) is 0. The Kier molecular flexibility index (Phi) is 4.51. The Balaban J connectivity index is 2.37. The molecule has 0 aliphatic carbocycles. The van der Waals surface area contributed by atoms with Crippen LogP contribution in [-0.4, -0.2) is 32.4 Å². The van der Waals surface area contributed by atoms with Gasteiger partial charge in [-0.3, -0.25) is 0 Å². The number of aromatic carboxylic acids is 1. The van der Waals surface area contributed by atoms with E-state index in [0.29, 0.717) is 5.56 Å². The van der Waals surface area contributed by atoms with E-state index in [-0.39, 0.29) is 11.5 Å². The first-order chi connectivity index (χ1) is 10.9. The lowest BCUT2D eigenvalue weighted by atomic mass is 10.2. The van der Waals surface area contributed by atoms with Crippen LogP contribution in [-0.2, 0) is 4.79 Å². The van der Waals surface area contributed by atoms with Crippen molar-refractivity contribution in [3.8, 4) is 17.2 Å². The first-order valence-corrected chi connectivity index (χ1v) is 6.35. The Bertz CT molecular complexity index is 776. The largest absolute Gasteiger partial charge is 0.508 e. The number of rotatable bonds is 5. The summed E-state index contributed by atoms with van der Waals surface area (Å²) in [5.74, 6) is -4.24. The van der Waals surface area contributed by atoms with E-state index in [1.165, 1.54) is 42.5 Å². The van der Waals surface area contributed by atoms with Crippen LogP contribution >= 0.6 is 0 Å². The minimum Gasteiger partial charge on any atom is -0.508 e. The topological polar surface area (TPSA) is 124 Å². The van der Waals surface area contributed by atoms with Crippen molar-refractivity contribution < 1.29 is 34.8 Å². The minimum absolute atomic E-state index is 0.0201. The van der Waals surface area contributed by atoms with Crippen LogP contribution in [0.3, 0.4) is 0 Å². The van der Waals surface area contributed by atoms with E-state index in [1.807, 2.05) is 0 Å². The fourth-order valence-electron chi connectivity index (χ4n) is 1.75. The number of hydrogen-bond acceptors (Lipinski definition) is 5. The number of phenolic OH excluding ortho intramolecular Hbond substituents is 1. The van der Waals surface area contributed by atoms with E-state index >= 15 is 0 Å². The van der Waals surface area contributed by atoms with Crippen molar-refractivity contribution in [2.75, 3.05) is 0 Å². The average molecular weight is 316 g/mol. The van der Waals surface area contributed by atoms with Gasteiger partial charge < -0.3 is 25.2 Å². The molecule has 2 aromatic carbocycles. The lowest BCUT2D eigenvalue weighted by molar-refractivity contribution is -0.134. The lowest BCUT2D eigenvalue weighted by Crippen LogP contribution is -2.08. The number of carboxylic acid groups (broad SMARTS) is 2. The zero-order valence-electron chi connectivity index (χ0n) is 11.6. The second-order valence-electron chi connectivity index (χ2n) is 4.46. The standard InChI is InChI=1S/C16H12O7/c17-10-6-4-9(5-7-10)8-13(16(21)22)23-12-3-1-2-11(14(12)18)15(19)20/h1-8,17-18H,(H,19,20)(H,21,22)/b13-8-. The summed E-state index contributed by atoms with van der Waals surface area (Å²) >= 11 is 0. The molecule has 0 heterocycles. The molecule has 2 aromatic rings. The Morgan fingerprint density at radius 2 is 1.61 bits per heavy atom. The van der Waals surface area contributed by atoms with E-state index in [0.717, 1.165) is 6.07 Å². The number of phenols is 2. The summed E-state index contributed by atoms with van der Waals surface area (Å²) < 4.78 is 5.12. The number of carbonyl (C=O) groups is 2. The van der Waals surface area contributed by atoms with E-state index in [1.54, 1.807) is 0 Å². The number of aliphatic carboxylic acids is 1. The van der Waals surface area contributed by atoms with Crippen molar-refractivity contribution in [2.45, 2.75) is 0 Å². The molecule has 7 nitrogen and oxygen atoms in total. The van der Waals surface area contributed by atoms with Gasteiger partial charge >= 0.3 is 11.9 Å². The predicted octanol–water partition coefficient (Wildman–Crippen LogP) is 2.30. The molecule has 0 spiro atoms. The molecule has 0 bridgehead atoms. The molecule has 118 valence electrons. The molecular weight excluding hydrogens is 304 g/mol. The molecule has 4 N–H and O–H groups in total. The van der Waals surface area contributed by atoms with Crippen LogP contribution in [0.5, 0.6) is 17.2 Å². The zero-order valence-corrected chi connectivity index (χ0v) is 11.6. The van der Waals surface area contributed by atoms with Gasteiger partial charge in [0.05, 0.1) is 0 Å². The third kappa shape index (κ3) is 3.79. The second kappa shape index (κ2) is 6.52. The number of ether oxygens (including phenoxy) is 1. The van der Waals surface area contributed by atoms with Gasteiger partial charge in [0.1, 0.15) is 11.3 Å². The van der Waals surface area contributed by atoms with Crippen molar-refractivity contribution in [1.29, 1.82) is 0 Å². The quantitative estimate of drug-likeness (QED) is 0.492. The fraction of sp³-hybridized carbons (Fsp3) is 0. The minimum atomic E-state index is -1.40. The molecule has 0 radical (unpaired) electrons. The molecule has 0 aromatic heterocycles. The first-order valence-electron chi connectivity index (χ1n) is 6.35. The molecule has 0 saturated carbocycles. The van der Waals surface area contributed by atoms with Gasteiger partial charge in [-0.2, -0.15) is 0 Å². The summed E-state index contributed by atoms with van der Waals surface area (Å²) in [6, 6.07) is 9.40. The fourth-order valence-corrected chi connectivity index (χ4v) is 1.75. The van der Waals surface area contributed by atoms with E-state index in [4.69, 9.17) is 9.84 Å². The van der Waals surface area contributed by atoms with Crippen LogP contribution in [0.15, 0.2) is 48.2 Å². The monoisotopic (exact) mass is 316 g/mol. The molecule has 0 unspecified atom stereocenters. The van der Waals surface area contributed by atoms with Crippen LogP contribution in [0, 0.1) is 0 Å². The SMILES string of the molecule is O=C(O)/C(=C/c1ccc(O)cc1)Oc1cccc(C(=O)O)c1O. The van der Waals surface area contributed by atoms with Crippen LogP contribution in [0.25, 0.3) is 6.08 Å². The first kappa shape index (κ1) is 15.9. The maximum Gasteiger partial charge on any atom is 0.371 e. The molecular formula is C16H12O7. The van der Waals surface area contributed by atoms with Gasteiger partial charge in [-0.05, 0) is 35.9 Å². The van der Waals surface area contributed by atoms with Crippen molar-refractivity contribution >= 4 is 18.0 Å². The van der Waals surface area contributed by atoms with Crippen LogP contribution < -0.4 is 4.74 Å². The molecule has 0 aliphatic heterocycles. The number of benzene rings is 2. The van der Waals surface area contributed by atoms with Crippen molar-refractivity contribution in [3.63, 3.8) is 0 Å². The van der Waals surface area contributed by atoms with Crippen molar-refractivity contribution in [3.05, 3.63) is 59.4 Å². The summed E-state index contributed by atoms with van der Waals surface area (Å²) in [5.41, 5.74) is 0.0333. The molecule has 0 amide bonds. The smallest absolute Gasteiger partial charge is 0.371 e. The predicted molar refractivity (Wildman–Crippen MR) is 79.4 cm³/mol. The second-order valence-corrected chi connectivity index (χ2v) is 4.46. The third-order valence-corrected chi connectivity index (χ3v) is 2.85. The molecule has 0 saturated heterocycles. The highest BCUT2D eigenvalue weighted by Gasteiger charge is 2.18. The third-order valence-electron chi connectivity index (χ3n) is 2.85. The highest BCUT2D eigenvalue weighted by Crippen LogP contribution is 2.31. The maximum atomic E-state index is 11.3. The van der Waals surface area contributed by atoms with Gasteiger partial charge in [0, 0.05) is 0 Å². The molecule has 2 rings (SSSR count). The Morgan fingerprint density at radius 1 is 0.957 bits per heavy atom. The van der Waals surface area contributed by atoms with Crippen LogP contribution in [0.1, 0.15) is 15.9 Å². The molecule has 0 fully saturated rings. The number of para-hydroxylation sites is 1. The highest BCUT2D eigenvalue weighted by molar-refractivity contribution is 5.93. The number of aromatic hydroxyl groups is 2. The molecule has 0 aliphatic rings. The van der Waals surface area contributed by atoms with Crippen LogP contribution in [0.2, 0.25) is 0 Å². The summed E-state index contributed by atoms with van der Waals surface area (Å²) in [6.07, 6.45) is 1.18. The summed E-state index contributed by atoms with van der Waals surface area (Å²) in [4.78, 5) is 22.2. The lowest BCUT2D eigenvalue weighted by Gasteiger charge is -2.09. The molecule has 23 heavy (non-hydrogen) atoms. The van der Waals surface area contributed by atoms with Gasteiger partial charge in [0.25, 0.3) is 0 Å². The van der Waals surface area contributed by atoms with Gasteiger partial charge in [0.15, 0.2) is 11.5 Å². The van der Waals surface area contributed by atoms with E-state index in [2.05, 4.69) is 0 Å². The van der Waals surface area contributed by atoms with Crippen LogP contribution in [0.4, 0.5) is 0 Å². The van der Waals surface area contributed by atoms with E-state index < -0.39 is 29.0 Å². The normalized spacial score (nSPS) is 11.0. The Labute approximate surface area is 130 Å². The number of hydrogen-bond donors (Lipinski definition) is 4. The van der Waals surface area contributed by atoms with Gasteiger partial charge in [-0.25, -0.2) is 9.59 Å². The highest BCUT2D eigenvalue weighted by atomic mass is 16.5. The Morgan fingerprint density at radius 3 is 2.17 bits per heavy atom. The molecule has 7 heteroatoms. The number of carboxylic acids is 2. The Hall–Kier alpha value is -3.48. The van der Waals surface area contributed by atoms with Gasteiger partial charge in [-0.1, -0.05) is 18.2 Å². The zero-order chi connectivity index (χ0) is 17.0. The van der Waals surface area contributed by atoms with E-state index in [9.17, 15) is 24.9 Å². The maximum absolute atomic E-state index is 11.3. The molecule has 0 atom stereocenters. The summed E-state index contributed by atoms with van der Waals surface area (Å²) in [5, 5.41) is 37.1. The van der Waals surface area contributed by atoms with Gasteiger partial charge in [-0.15, -0.1) is 0 Å². The average Bonchev–Trinajstić information content (AvgIpc) is 2.50. The van der Waals surface area contributed by atoms with Gasteiger partial charge in [0.2, 0.25) is 5.76 Å².